The molecule has 0 bridgehead atoms. The first-order chi connectivity index (χ1) is 8.85. The van der Waals surface area contributed by atoms with E-state index in [1.807, 2.05) is 36.4 Å². The van der Waals surface area contributed by atoms with Gasteiger partial charge in [0.15, 0.2) is 0 Å². The van der Waals surface area contributed by atoms with Crippen molar-refractivity contribution in [2.45, 2.75) is 0 Å². The van der Waals surface area contributed by atoms with Crippen molar-refractivity contribution in [3.05, 3.63) is 79.8 Å². The Morgan fingerprint density at radius 2 is 1.83 bits per heavy atom. The van der Waals surface area contributed by atoms with Crippen LogP contribution >= 0.6 is 0 Å². The standard InChI is InChI=1S/C16H14N2/c1-3-8-13(4-2)15-11-17-12-16(18-15)14-9-6-5-7-10-14/h3-12H,1-2H2/b13-8+. The maximum absolute atomic E-state index is 4.58. The summed E-state index contributed by atoms with van der Waals surface area (Å²) in [6.07, 6.45) is 8.82. The molecule has 18 heavy (non-hydrogen) atoms. The van der Waals surface area contributed by atoms with Gasteiger partial charge in [-0.25, -0.2) is 4.98 Å². The molecule has 0 radical (unpaired) electrons. The monoisotopic (exact) mass is 234 g/mol. The Balaban J connectivity index is 2.45. The molecule has 0 spiro atoms. The lowest BCUT2D eigenvalue weighted by atomic mass is 10.1. The van der Waals surface area contributed by atoms with Crippen LogP contribution in [0.1, 0.15) is 5.69 Å². The van der Waals surface area contributed by atoms with E-state index in [-0.39, 0.29) is 0 Å². The maximum Gasteiger partial charge on any atom is 0.0892 e. The molecule has 2 aromatic rings. The summed E-state index contributed by atoms with van der Waals surface area (Å²) in [5, 5.41) is 0. The molecule has 2 rings (SSSR count). The van der Waals surface area contributed by atoms with E-state index >= 15 is 0 Å². The number of hydrogen-bond donors (Lipinski definition) is 0. The average Bonchev–Trinajstić information content (AvgIpc) is 2.46. The second-order valence-electron chi connectivity index (χ2n) is 3.72. The fourth-order valence-corrected chi connectivity index (χ4v) is 1.64. The number of nitrogens with zero attached hydrogens (tertiary/aromatic N) is 2. The highest BCUT2D eigenvalue weighted by molar-refractivity contribution is 5.73. The predicted molar refractivity (Wildman–Crippen MR) is 75.8 cm³/mol. The minimum atomic E-state index is 0.797. The normalized spacial score (nSPS) is 11.0. The molecule has 0 atom stereocenters. The highest BCUT2D eigenvalue weighted by Crippen LogP contribution is 2.19. The van der Waals surface area contributed by atoms with E-state index in [1.165, 1.54) is 0 Å². The molecule has 0 saturated heterocycles. The van der Waals surface area contributed by atoms with Crippen molar-refractivity contribution in [3.63, 3.8) is 0 Å². The molecule has 0 fully saturated rings. The Kier molecular flexibility index (Phi) is 3.82. The summed E-state index contributed by atoms with van der Waals surface area (Å²) in [4.78, 5) is 8.81. The molecule has 1 heterocycles. The Morgan fingerprint density at radius 1 is 1.06 bits per heavy atom. The van der Waals surface area contributed by atoms with E-state index in [0.29, 0.717) is 0 Å². The van der Waals surface area contributed by atoms with E-state index in [4.69, 9.17) is 0 Å². The van der Waals surface area contributed by atoms with Gasteiger partial charge in [0, 0.05) is 11.1 Å². The van der Waals surface area contributed by atoms with Gasteiger partial charge in [0.1, 0.15) is 0 Å². The van der Waals surface area contributed by atoms with Crippen molar-refractivity contribution >= 4 is 5.57 Å². The topological polar surface area (TPSA) is 25.8 Å². The van der Waals surface area contributed by atoms with E-state index in [2.05, 4.69) is 23.1 Å². The third-order valence-electron chi connectivity index (χ3n) is 2.52. The van der Waals surface area contributed by atoms with E-state index < -0.39 is 0 Å². The molecule has 0 aliphatic rings. The zero-order valence-electron chi connectivity index (χ0n) is 10.1. The summed E-state index contributed by atoms with van der Waals surface area (Å²) in [7, 11) is 0. The summed E-state index contributed by atoms with van der Waals surface area (Å²) >= 11 is 0. The quantitative estimate of drug-likeness (QED) is 0.750. The van der Waals surface area contributed by atoms with Gasteiger partial charge in [-0.1, -0.05) is 61.7 Å². The van der Waals surface area contributed by atoms with Crippen LogP contribution in [0.15, 0.2) is 74.1 Å². The Hall–Kier alpha value is -2.48. The van der Waals surface area contributed by atoms with Crippen LogP contribution in [-0.4, -0.2) is 9.97 Å². The van der Waals surface area contributed by atoms with Gasteiger partial charge in [0.05, 0.1) is 23.8 Å². The first-order valence-corrected chi connectivity index (χ1v) is 5.68. The molecule has 0 amide bonds. The molecule has 0 aliphatic carbocycles. The third kappa shape index (κ3) is 2.61. The number of rotatable bonds is 4. The fourth-order valence-electron chi connectivity index (χ4n) is 1.64. The summed E-state index contributed by atoms with van der Waals surface area (Å²) < 4.78 is 0. The van der Waals surface area contributed by atoms with E-state index in [0.717, 1.165) is 22.5 Å². The largest absolute Gasteiger partial charge is 0.260 e. The van der Waals surface area contributed by atoms with Gasteiger partial charge in [-0.15, -0.1) is 0 Å². The Morgan fingerprint density at radius 3 is 2.50 bits per heavy atom. The van der Waals surface area contributed by atoms with Gasteiger partial charge < -0.3 is 0 Å². The molecule has 0 N–H and O–H groups in total. The summed E-state index contributed by atoms with van der Waals surface area (Å²) in [5.74, 6) is 0. The van der Waals surface area contributed by atoms with Crippen LogP contribution in [0.5, 0.6) is 0 Å². The molecule has 1 aromatic carbocycles. The molecule has 0 saturated carbocycles. The zero-order chi connectivity index (χ0) is 12.8. The van der Waals surface area contributed by atoms with Gasteiger partial charge in [0.2, 0.25) is 0 Å². The molecule has 0 unspecified atom stereocenters. The molecule has 1 aromatic heterocycles. The van der Waals surface area contributed by atoms with E-state index in [9.17, 15) is 0 Å². The van der Waals surface area contributed by atoms with Crippen molar-refractivity contribution in [1.29, 1.82) is 0 Å². The van der Waals surface area contributed by atoms with Crippen LogP contribution in [0.25, 0.3) is 16.8 Å². The first kappa shape index (κ1) is 12.0. The van der Waals surface area contributed by atoms with Crippen molar-refractivity contribution in [3.8, 4) is 11.3 Å². The lowest BCUT2D eigenvalue weighted by Gasteiger charge is -2.04. The third-order valence-corrected chi connectivity index (χ3v) is 2.52. The number of benzene rings is 1. The second-order valence-corrected chi connectivity index (χ2v) is 3.72. The molecular formula is C16H14N2. The van der Waals surface area contributed by atoms with Crippen molar-refractivity contribution in [2.24, 2.45) is 0 Å². The van der Waals surface area contributed by atoms with Crippen molar-refractivity contribution in [2.75, 3.05) is 0 Å². The molecular weight excluding hydrogens is 220 g/mol. The van der Waals surface area contributed by atoms with Crippen LogP contribution in [0.2, 0.25) is 0 Å². The van der Waals surface area contributed by atoms with Crippen LogP contribution in [0.3, 0.4) is 0 Å². The van der Waals surface area contributed by atoms with Gasteiger partial charge in [0.25, 0.3) is 0 Å². The first-order valence-electron chi connectivity index (χ1n) is 5.68. The SMILES string of the molecule is C=C/C=C(\C=C)c1cncc(-c2ccccc2)n1. The summed E-state index contributed by atoms with van der Waals surface area (Å²) in [5.41, 5.74) is 3.61. The number of hydrogen-bond acceptors (Lipinski definition) is 2. The molecule has 2 heteroatoms. The van der Waals surface area contributed by atoms with Crippen LogP contribution in [-0.2, 0) is 0 Å². The lowest BCUT2D eigenvalue weighted by Crippen LogP contribution is -1.92. The summed E-state index contributed by atoms with van der Waals surface area (Å²) in [6.45, 7) is 7.46. The van der Waals surface area contributed by atoms with Crippen LogP contribution in [0, 0.1) is 0 Å². The van der Waals surface area contributed by atoms with Crippen LogP contribution < -0.4 is 0 Å². The van der Waals surface area contributed by atoms with Gasteiger partial charge >= 0.3 is 0 Å². The fraction of sp³-hybridized carbons (Fsp3) is 0. The minimum Gasteiger partial charge on any atom is -0.260 e. The van der Waals surface area contributed by atoms with E-state index in [1.54, 1.807) is 24.5 Å². The second kappa shape index (κ2) is 5.73. The van der Waals surface area contributed by atoms with Gasteiger partial charge in [-0.05, 0) is 0 Å². The predicted octanol–water partition coefficient (Wildman–Crippen LogP) is 3.90. The van der Waals surface area contributed by atoms with Gasteiger partial charge in [-0.3, -0.25) is 4.98 Å². The molecule has 88 valence electrons. The average molecular weight is 234 g/mol. The van der Waals surface area contributed by atoms with Crippen molar-refractivity contribution < 1.29 is 0 Å². The lowest BCUT2D eigenvalue weighted by molar-refractivity contribution is 1.18. The minimum absolute atomic E-state index is 0.797. The highest BCUT2D eigenvalue weighted by atomic mass is 14.8. The molecule has 2 nitrogen and oxygen atoms in total. The summed E-state index contributed by atoms with van der Waals surface area (Å²) in [6, 6.07) is 9.97. The number of aromatic nitrogens is 2. The Labute approximate surface area is 107 Å². The molecule has 0 aliphatic heterocycles. The number of allylic oxidation sites excluding steroid dienone is 4. The highest BCUT2D eigenvalue weighted by Gasteiger charge is 2.03. The smallest absolute Gasteiger partial charge is 0.0892 e. The van der Waals surface area contributed by atoms with Crippen LogP contribution in [0.4, 0.5) is 0 Å². The van der Waals surface area contributed by atoms with Gasteiger partial charge in [-0.2, -0.15) is 0 Å². The van der Waals surface area contributed by atoms with Crippen molar-refractivity contribution in [1.82, 2.24) is 9.97 Å². The Bertz CT molecular complexity index is 583. The maximum atomic E-state index is 4.58. The zero-order valence-corrected chi connectivity index (χ0v) is 10.1.